The second kappa shape index (κ2) is 6.37. The Morgan fingerprint density at radius 2 is 2.25 bits per heavy atom. The minimum absolute atomic E-state index is 0.0327. The molecule has 1 aliphatic rings. The molecule has 0 aromatic heterocycles. The van der Waals surface area contributed by atoms with E-state index in [1.807, 2.05) is 24.3 Å². The number of carbonyl (C=O) groups excluding carboxylic acids is 1. The van der Waals surface area contributed by atoms with Crippen LogP contribution in [0.4, 0.5) is 0 Å². The van der Waals surface area contributed by atoms with Gasteiger partial charge in [0.25, 0.3) is 0 Å². The van der Waals surface area contributed by atoms with Gasteiger partial charge in [0.15, 0.2) is 5.54 Å². The van der Waals surface area contributed by atoms with Gasteiger partial charge in [0.2, 0.25) is 5.91 Å². The molecule has 0 saturated carbocycles. The van der Waals surface area contributed by atoms with Gasteiger partial charge in [-0.15, -0.1) is 0 Å². The Morgan fingerprint density at radius 1 is 1.45 bits per heavy atom. The minimum atomic E-state index is -1.26. The van der Waals surface area contributed by atoms with Gasteiger partial charge in [-0.1, -0.05) is 28.1 Å². The summed E-state index contributed by atoms with van der Waals surface area (Å²) in [6.45, 7) is 0.392. The second-order valence-corrected chi connectivity index (χ2v) is 5.78. The van der Waals surface area contributed by atoms with Crippen LogP contribution in [0.3, 0.4) is 0 Å². The van der Waals surface area contributed by atoms with Crippen molar-refractivity contribution in [1.29, 1.82) is 0 Å². The van der Waals surface area contributed by atoms with Gasteiger partial charge >= 0.3 is 5.97 Å². The third-order valence-electron chi connectivity index (χ3n) is 3.34. The van der Waals surface area contributed by atoms with E-state index >= 15 is 0 Å². The van der Waals surface area contributed by atoms with Crippen LogP contribution in [0.1, 0.15) is 18.4 Å². The number of nitrogens with one attached hydrogen (secondary N) is 1. The first-order valence-corrected chi connectivity index (χ1v) is 7.18. The fourth-order valence-corrected chi connectivity index (χ4v) is 2.61. The molecular weight excluding hydrogens is 326 g/mol. The van der Waals surface area contributed by atoms with Crippen LogP contribution in [0, 0.1) is 0 Å². The van der Waals surface area contributed by atoms with Crippen LogP contribution in [0.15, 0.2) is 28.7 Å². The summed E-state index contributed by atoms with van der Waals surface area (Å²) < 4.78 is 6.06. The van der Waals surface area contributed by atoms with Crippen LogP contribution >= 0.6 is 15.9 Å². The molecule has 1 aromatic carbocycles. The zero-order valence-electron chi connectivity index (χ0n) is 10.9. The molecule has 0 aliphatic carbocycles. The number of rotatable bonds is 5. The maximum atomic E-state index is 11.9. The first-order chi connectivity index (χ1) is 9.52. The van der Waals surface area contributed by atoms with Crippen LogP contribution in [-0.2, 0) is 20.7 Å². The fourth-order valence-electron chi connectivity index (χ4n) is 2.17. The first kappa shape index (κ1) is 15.0. The smallest absolute Gasteiger partial charge is 0.331 e. The first-order valence-electron chi connectivity index (χ1n) is 6.38. The maximum Gasteiger partial charge on any atom is 0.331 e. The van der Waals surface area contributed by atoms with Gasteiger partial charge in [0.1, 0.15) is 0 Å². The van der Waals surface area contributed by atoms with Crippen LogP contribution in [0.5, 0.6) is 0 Å². The Bertz CT molecular complexity index is 512. The van der Waals surface area contributed by atoms with Crippen molar-refractivity contribution in [1.82, 2.24) is 5.32 Å². The molecule has 0 bridgehead atoms. The summed E-state index contributed by atoms with van der Waals surface area (Å²) in [6.07, 6.45) is 1.14. The summed E-state index contributed by atoms with van der Waals surface area (Å²) in [5, 5.41) is 11.8. The monoisotopic (exact) mass is 341 g/mol. The highest BCUT2D eigenvalue weighted by Gasteiger charge is 2.43. The highest BCUT2D eigenvalue weighted by Crippen LogP contribution is 2.19. The Hall–Kier alpha value is -1.40. The van der Waals surface area contributed by atoms with E-state index in [2.05, 4.69) is 21.2 Å². The van der Waals surface area contributed by atoms with E-state index in [9.17, 15) is 14.7 Å². The lowest BCUT2D eigenvalue weighted by Gasteiger charge is -2.23. The molecule has 1 heterocycles. The molecule has 2 N–H and O–H groups in total. The van der Waals surface area contributed by atoms with Crippen molar-refractivity contribution in [2.75, 3.05) is 13.2 Å². The number of ether oxygens (including phenoxy) is 1. The number of carboxylic acid groups (broad SMARTS) is 1. The number of aryl methyl sites for hydroxylation is 1. The number of amides is 1. The third-order valence-corrected chi connectivity index (χ3v) is 3.83. The van der Waals surface area contributed by atoms with Gasteiger partial charge in [-0.25, -0.2) is 4.79 Å². The molecule has 0 radical (unpaired) electrons. The molecular formula is C14H16BrNO4. The zero-order chi connectivity index (χ0) is 14.6. The van der Waals surface area contributed by atoms with E-state index in [1.54, 1.807) is 0 Å². The van der Waals surface area contributed by atoms with Crippen molar-refractivity contribution in [2.45, 2.75) is 24.8 Å². The number of benzene rings is 1. The quantitative estimate of drug-likeness (QED) is 0.855. The topological polar surface area (TPSA) is 75.6 Å². The number of halogens is 1. The van der Waals surface area contributed by atoms with E-state index in [-0.39, 0.29) is 18.9 Å². The Morgan fingerprint density at radius 3 is 2.85 bits per heavy atom. The number of hydrogen-bond acceptors (Lipinski definition) is 3. The van der Waals surface area contributed by atoms with Crippen molar-refractivity contribution in [3.63, 3.8) is 0 Å². The molecule has 1 amide bonds. The standard InChI is InChI=1S/C14H16BrNO4/c15-11-3-1-2-10(8-11)4-5-12(17)16-14(13(18)19)6-7-20-9-14/h1-3,8H,4-7,9H2,(H,16,17)(H,18,19). The number of carbonyl (C=O) groups is 2. The van der Waals surface area contributed by atoms with Gasteiger partial charge in [-0.3, -0.25) is 4.79 Å². The summed E-state index contributed by atoms with van der Waals surface area (Å²) in [7, 11) is 0. The summed E-state index contributed by atoms with van der Waals surface area (Å²) in [5.41, 5.74) is -0.226. The lowest BCUT2D eigenvalue weighted by molar-refractivity contribution is -0.147. The fraction of sp³-hybridized carbons (Fsp3) is 0.429. The molecule has 1 aromatic rings. The molecule has 108 valence electrons. The molecule has 1 unspecified atom stereocenters. The van der Waals surface area contributed by atoms with Crippen LogP contribution in [-0.4, -0.2) is 35.7 Å². The van der Waals surface area contributed by atoms with Crippen molar-refractivity contribution in [3.05, 3.63) is 34.3 Å². The molecule has 1 fully saturated rings. The minimum Gasteiger partial charge on any atom is -0.479 e. The van der Waals surface area contributed by atoms with Crippen molar-refractivity contribution >= 4 is 27.8 Å². The maximum absolute atomic E-state index is 11.9. The molecule has 0 spiro atoms. The van der Waals surface area contributed by atoms with Crippen LogP contribution in [0.2, 0.25) is 0 Å². The normalized spacial score (nSPS) is 21.6. The summed E-state index contributed by atoms with van der Waals surface area (Å²) in [5.74, 6) is -1.30. The van der Waals surface area contributed by atoms with E-state index in [0.29, 0.717) is 19.4 Å². The summed E-state index contributed by atoms with van der Waals surface area (Å²) in [4.78, 5) is 23.2. The second-order valence-electron chi connectivity index (χ2n) is 4.87. The average Bonchev–Trinajstić information content (AvgIpc) is 2.86. The molecule has 1 aliphatic heterocycles. The highest BCUT2D eigenvalue weighted by molar-refractivity contribution is 9.10. The SMILES string of the molecule is O=C(CCc1cccc(Br)c1)NC1(C(=O)O)CCOC1. The van der Waals surface area contributed by atoms with E-state index in [0.717, 1.165) is 10.0 Å². The highest BCUT2D eigenvalue weighted by atomic mass is 79.9. The molecule has 5 nitrogen and oxygen atoms in total. The average molecular weight is 342 g/mol. The Labute approximate surface area is 125 Å². The molecule has 6 heteroatoms. The van der Waals surface area contributed by atoms with Crippen molar-refractivity contribution < 1.29 is 19.4 Å². The summed E-state index contributed by atoms with van der Waals surface area (Å²) in [6, 6.07) is 7.70. The number of aliphatic carboxylic acids is 1. The van der Waals surface area contributed by atoms with Gasteiger partial charge < -0.3 is 15.2 Å². The molecule has 20 heavy (non-hydrogen) atoms. The van der Waals surface area contributed by atoms with Gasteiger partial charge in [-0.05, 0) is 24.1 Å². The van der Waals surface area contributed by atoms with Gasteiger partial charge in [0.05, 0.1) is 6.61 Å². The van der Waals surface area contributed by atoms with E-state index < -0.39 is 11.5 Å². The van der Waals surface area contributed by atoms with Gasteiger partial charge in [-0.2, -0.15) is 0 Å². The summed E-state index contributed by atoms with van der Waals surface area (Å²) >= 11 is 3.37. The van der Waals surface area contributed by atoms with E-state index in [4.69, 9.17) is 4.74 Å². The van der Waals surface area contributed by atoms with E-state index in [1.165, 1.54) is 0 Å². The van der Waals surface area contributed by atoms with Crippen LogP contribution < -0.4 is 5.32 Å². The largest absolute Gasteiger partial charge is 0.479 e. The lowest BCUT2D eigenvalue weighted by atomic mass is 9.98. The zero-order valence-corrected chi connectivity index (χ0v) is 12.5. The van der Waals surface area contributed by atoms with Crippen molar-refractivity contribution in [2.24, 2.45) is 0 Å². The molecule has 2 rings (SSSR count). The Kier molecular flexibility index (Phi) is 4.77. The predicted octanol–water partition coefficient (Wildman–Crippen LogP) is 1.74. The molecule has 1 atom stereocenters. The lowest BCUT2D eigenvalue weighted by Crippen LogP contribution is -2.55. The predicted molar refractivity (Wildman–Crippen MR) is 76.4 cm³/mol. The molecule has 1 saturated heterocycles. The number of hydrogen-bond donors (Lipinski definition) is 2. The number of carboxylic acids is 1. The Balaban J connectivity index is 1.90. The third kappa shape index (κ3) is 3.58. The van der Waals surface area contributed by atoms with Crippen LogP contribution in [0.25, 0.3) is 0 Å². The van der Waals surface area contributed by atoms with Gasteiger partial charge in [0, 0.05) is 23.9 Å². The van der Waals surface area contributed by atoms with Crippen molar-refractivity contribution in [3.8, 4) is 0 Å².